The van der Waals surface area contributed by atoms with Gasteiger partial charge in [0.1, 0.15) is 0 Å². The van der Waals surface area contributed by atoms with Crippen molar-refractivity contribution in [1.29, 1.82) is 0 Å². The van der Waals surface area contributed by atoms with Crippen LogP contribution in [-0.2, 0) is 6.42 Å². The molecule has 0 amide bonds. The average Bonchev–Trinajstić information content (AvgIpc) is 2.81. The van der Waals surface area contributed by atoms with Crippen LogP contribution in [0.15, 0.2) is 47.4 Å². The molecule has 1 nitrogen and oxygen atoms in total. The monoisotopic (exact) mass is 289 g/mol. The molecule has 0 radical (unpaired) electrons. The van der Waals surface area contributed by atoms with E-state index < -0.39 is 0 Å². The van der Waals surface area contributed by atoms with Crippen LogP contribution in [0.1, 0.15) is 23.6 Å². The number of aryl methyl sites for hydroxylation is 1. The highest BCUT2D eigenvalue weighted by Crippen LogP contribution is 2.35. The molecule has 0 aromatic heterocycles. The molecule has 98 valence electrons. The van der Waals surface area contributed by atoms with Crippen LogP contribution in [0.3, 0.4) is 0 Å². The molecule has 19 heavy (non-hydrogen) atoms. The third kappa shape index (κ3) is 2.75. The summed E-state index contributed by atoms with van der Waals surface area (Å²) in [6, 6.07) is 15.2. The summed E-state index contributed by atoms with van der Waals surface area (Å²) in [4.78, 5) is 1.29. The van der Waals surface area contributed by atoms with Crippen molar-refractivity contribution < 1.29 is 0 Å². The van der Waals surface area contributed by atoms with Gasteiger partial charge in [0, 0.05) is 15.6 Å². The Morgan fingerprint density at radius 2 is 2.11 bits per heavy atom. The summed E-state index contributed by atoms with van der Waals surface area (Å²) in [5.74, 6) is 0. The van der Waals surface area contributed by atoms with E-state index in [-0.39, 0.29) is 0 Å². The fourth-order valence-electron chi connectivity index (χ4n) is 2.65. The van der Waals surface area contributed by atoms with Crippen LogP contribution in [-0.4, -0.2) is 6.26 Å². The maximum Gasteiger partial charge on any atom is 0.0519 e. The minimum atomic E-state index is 0.407. The van der Waals surface area contributed by atoms with Crippen molar-refractivity contribution in [2.75, 3.05) is 11.6 Å². The van der Waals surface area contributed by atoms with Crippen LogP contribution in [0.2, 0.25) is 5.02 Å². The maximum atomic E-state index is 6.05. The van der Waals surface area contributed by atoms with Gasteiger partial charge >= 0.3 is 0 Å². The lowest BCUT2D eigenvalue weighted by atomic mass is 10.1. The topological polar surface area (TPSA) is 12.0 Å². The van der Waals surface area contributed by atoms with Crippen molar-refractivity contribution in [3.05, 3.63) is 58.6 Å². The van der Waals surface area contributed by atoms with E-state index in [0.29, 0.717) is 6.04 Å². The van der Waals surface area contributed by atoms with Crippen molar-refractivity contribution in [3.63, 3.8) is 0 Å². The summed E-state index contributed by atoms with van der Waals surface area (Å²) in [7, 11) is 0. The molecule has 0 fully saturated rings. The molecule has 2 aromatic rings. The first-order valence-electron chi connectivity index (χ1n) is 6.45. The Labute approximate surface area is 123 Å². The van der Waals surface area contributed by atoms with Gasteiger partial charge < -0.3 is 5.32 Å². The van der Waals surface area contributed by atoms with Gasteiger partial charge in [0.25, 0.3) is 0 Å². The minimum Gasteiger partial charge on any atom is -0.378 e. The molecule has 0 bridgehead atoms. The van der Waals surface area contributed by atoms with Crippen LogP contribution < -0.4 is 5.32 Å². The van der Waals surface area contributed by atoms with Crippen molar-refractivity contribution in [2.24, 2.45) is 0 Å². The van der Waals surface area contributed by atoms with Crippen LogP contribution >= 0.6 is 23.4 Å². The molecule has 0 aliphatic heterocycles. The molecular formula is C16H16ClNS. The Balaban J connectivity index is 1.82. The largest absolute Gasteiger partial charge is 0.378 e. The van der Waals surface area contributed by atoms with Gasteiger partial charge in [-0.15, -0.1) is 11.8 Å². The number of nitrogens with one attached hydrogen (secondary N) is 1. The lowest BCUT2D eigenvalue weighted by Crippen LogP contribution is -2.06. The van der Waals surface area contributed by atoms with Crippen LogP contribution in [0.25, 0.3) is 0 Å². The van der Waals surface area contributed by atoms with E-state index in [9.17, 15) is 0 Å². The third-order valence-electron chi connectivity index (χ3n) is 3.59. The lowest BCUT2D eigenvalue weighted by molar-refractivity contribution is 0.762. The molecule has 3 heteroatoms. The molecule has 2 aromatic carbocycles. The number of benzene rings is 2. The number of halogens is 1. The zero-order valence-electron chi connectivity index (χ0n) is 10.8. The number of thioether (sulfide) groups is 1. The number of hydrogen-bond acceptors (Lipinski definition) is 2. The van der Waals surface area contributed by atoms with E-state index in [1.165, 1.54) is 21.7 Å². The number of hydrogen-bond donors (Lipinski definition) is 1. The first kappa shape index (κ1) is 12.9. The molecule has 0 saturated heterocycles. The zero-order valence-corrected chi connectivity index (χ0v) is 12.4. The summed E-state index contributed by atoms with van der Waals surface area (Å²) in [6.07, 6.45) is 4.35. The molecule has 1 aliphatic carbocycles. The summed E-state index contributed by atoms with van der Waals surface area (Å²) in [6.45, 7) is 0. The Morgan fingerprint density at radius 3 is 2.95 bits per heavy atom. The van der Waals surface area contributed by atoms with E-state index >= 15 is 0 Å². The highest BCUT2D eigenvalue weighted by atomic mass is 35.5. The van der Waals surface area contributed by atoms with Crippen molar-refractivity contribution in [2.45, 2.75) is 23.8 Å². The smallest absolute Gasteiger partial charge is 0.0519 e. The second kappa shape index (κ2) is 5.48. The fraction of sp³-hybridized carbons (Fsp3) is 0.250. The van der Waals surface area contributed by atoms with Gasteiger partial charge in [0.05, 0.1) is 6.04 Å². The molecule has 0 heterocycles. The van der Waals surface area contributed by atoms with Gasteiger partial charge in [-0.1, -0.05) is 23.7 Å². The Kier molecular flexibility index (Phi) is 3.72. The minimum absolute atomic E-state index is 0.407. The normalized spacial score (nSPS) is 17.3. The SMILES string of the molecule is CSc1cccc(NC2CCc3cc(Cl)ccc32)c1. The quantitative estimate of drug-likeness (QED) is 0.783. The molecule has 0 spiro atoms. The van der Waals surface area contributed by atoms with E-state index in [0.717, 1.165) is 17.9 Å². The lowest BCUT2D eigenvalue weighted by Gasteiger charge is -2.16. The van der Waals surface area contributed by atoms with Gasteiger partial charge in [0.15, 0.2) is 0 Å². The maximum absolute atomic E-state index is 6.05. The molecule has 1 aliphatic rings. The molecule has 3 rings (SSSR count). The Hall–Kier alpha value is -1.12. The van der Waals surface area contributed by atoms with E-state index in [2.05, 4.69) is 48.0 Å². The van der Waals surface area contributed by atoms with Crippen LogP contribution in [0, 0.1) is 0 Å². The van der Waals surface area contributed by atoms with Gasteiger partial charge in [-0.05, 0) is 60.6 Å². The highest BCUT2D eigenvalue weighted by molar-refractivity contribution is 7.98. The Bertz CT molecular complexity index is 597. The zero-order chi connectivity index (χ0) is 13.2. The first-order chi connectivity index (χ1) is 9.26. The second-order valence-corrected chi connectivity index (χ2v) is 6.13. The third-order valence-corrected chi connectivity index (χ3v) is 4.55. The number of fused-ring (bicyclic) bond motifs is 1. The molecule has 1 N–H and O–H groups in total. The van der Waals surface area contributed by atoms with E-state index in [1.54, 1.807) is 11.8 Å². The first-order valence-corrected chi connectivity index (χ1v) is 8.05. The number of rotatable bonds is 3. The summed E-state index contributed by atoms with van der Waals surface area (Å²) >= 11 is 7.82. The molecular weight excluding hydrogens is 274 g/mol. The van der Waals surface area contributed by atoms with Crippen molar-refractivity contribution in [1.82, 2.24) is 0 Å². The summed E-state index contributed by atoms with van der Waals surface area (Å²) in [5.41, 5.74) is 3.96. The van der Waals surface area contributed by atoms with E-state index in [4.69, 9.17) is 11.6 Å². The molecule has 0 saturated carbocycles. The van der Waals surface area contributed by atoms with Crippen LogP contribution in [0.4, 0.5) is 5.69 Å². The summed E-state index contributed by atoms with van der Waals surface area (Å²) in [5, 5.41) is 4.47. The van der Waals surface area contributed by atoms with Crippen LogP contribution in [0.5, 0.6) is 0 Å². The predicted octanol–water partition coefficient (Wildman–Crippen LogP) is 5.16. The summed E-state index contributed by atoms with van der Waals surface area (Å²) < 4.78 is 0. The van der Waals surface area contributed by atoms with Gasteiger partial charge in [-0.2, -0.15) is 0 Å². The molecule has 1 unspecified atom stereocenters. The van der Waals surface area contributed by atoms with E-state index in [1.807, 2.05) is 6.07 Å². The number of anilines is 1. The van der Waals surface area contributed by atoms with Gasteiger partial charge in [-0.25, -0.2) is 0 Å². The average molecular weight is 290 g/mol. The highest BCUT2D eigenvalue weighted by Gasteiger charge is 2.22. The Morgan fingerprint density at radius 1 is 1.21 bits per heavy atom. The fourth-order valence-corrected chi connectivity index (χ4v) is 3.30. The van der Waals surface area contributed by atoms with Gasteiger partial charge in [0.2, 0.25) is 0 Å². The predicted molar refractivity (Wildman–Crippen MR) is 84.4 cm³/mol. The van der Waals surface area contributed by atoms with Gasteiger partial charge in [-0.3, -0.25) is 0 Å². The molecule has 1 atom stereocenters. The van der Waals surface area contributed by atoms with Crippen molar-refractivity contribution in [3.8, 4) is 0 Å². The second-order valence-electron chi connectivity index (χ2n) is 4.81. The standard InChI is InChI=1S/C16H16ClNS/c1-19-14-4-2-3-13(10-14)18-16-8-5-11-9-12(17)6-7-15(11)16/h2-4,6-7,9-10,16,18H,5,8H2,1H3. The van der Waals surface area contributed by atoms with Crippen molar-refractivity contribution >= 4 is 29.1 Å².